The minimum atomic E-state index is -0.0776. The van der Waals surface area contributed by atoms with Crippen molar-refractivity contribution in [2.75, 3.05) is 19.7 Å². The highest BCUT2D eigenvalue weighted by molar-refractivity contribution is 5.71. The molecule has 1 N–H and O–H groups in total. The number of hydrogen-bond donors (Lipinski definition) is 1. The van der Waals surface area contributed by atoms with Gasteiger partial charge >= 0.3 is 5.97 Å². The molecule has 0 heterocycles. The van der Waals surface area contributed by atoms with Crippen molar-refractivity contribution in [3.63, 3.8) is 0 Å². The van der Waals surface area contributed by atoms with Crippen molar-refractivity contribution in [1.82, 2.24) is 5.32 Å². The number of ether oxygens (including phenoxy) is 1. The monoisotopic (exact) mass is 225 g/mol. The average molecular weight is 225 g/mol. The van der Waals surface area contributed by atoms with Crippen LogP contribution in [0.4, 0.5) is 0 Å². The van der Waals surface area contributed by atoms with Crippen LogP contribution in [0.5, 0.6) is 0 Å². The molecular weight excluding hydrogens is 202 g/mol. The molecule has 0 spiro atoms. The lowest BCUT2D eigenvalue weighted by atomic mass is 9.90. The Hall–Kier alpha value is -0.570. The Kier molecular flexibility index (Phi) is 4.64. The van der Waals surface area contributed by atoms with Gasteiger partial charge in [0.1, 0.15) is 0 Å². The highest BCUT2D eigenvalue weighted by atomic mass is 16.5. The van der Waals surface area contributed by atoms with Crippen molar-refractivity contribution < 1.29 is 9.53 Å². The summed E-state index contributed by atoms with van der Waals surface area (Å²) in [6.07, 6.45) is 9.09. The molecule has 0 unspecified atom stereocenters. The minimum absolute atomic E-state index is 0.0776. The van der Waals surface area contributed by atoms with Gasteiger partial charge in [0.2, 0.25) is 0 Å². The number of hydrogen-bond acceptors (Lipinski definition) is 3. The number of carbonyl (C=O) groups excluding carboxylic acids is 1. The van der Waals surface area contributed by atoms with Crippen molar-refractivity contribution in [1.29, 1.82) is 0 Å². The summed E-state index contributed by atoms with van der Waals surface area (Å²) >= 11 is 0. The summed E-state index contributed by atoms with van der Waals surface area (Å²) in [6, 6.07) is 0. The molecule has 3 heteroatoms. The molecule has 0 amide bonds. The maximum absolute atomic E-state index is 11.4. The Balaban J connectivity index is 1.48. The zero-order valence-electron chi connectivity index (χ0n) is 10.0. The molecule has 0 bridgehead atoms. The third-order valence-corrected chi connectivity index (χ3v) is 3.60. The third-order valence-electron chi connectivity index (χ3n) is 3.60. The first kappa shape index (κ1) is 11.9. The Labute approximate surface area is 97.9 Å². The van der Waals surface area contributed by atoms with Crippen molar-refractivity contribution in [3.05, 3.63) is 0 Å². The van der Waals surface area contributed by atoms with Gasteiger partial charge in [0.15, 0.2) is 0 Å². The lowest BCUT2D eigenvalue weighted by Crippen LogP contribution is -2.28. The first-order valence-corrected chi connectivity index (χ1v) is 6.71. The van der Waals surface area contributed by atoms with Gasteiger partial charge in [-0.05, 0) is 44.1 Å². The predicted molar refractivity (Wildman–Crippen MR) is 63.1 cm³/mol. The summed E-state index contributed by atoms with van der Waals surface area (Å²) in [7, 11) is 0. The summed E-state index contributed by atoms with van der Waals surface area (Å²) in [4.78, 5) is 11.4. The van der Waals surface area contributed by atoms with Crippen LogP contribution in [0.1, 0.15) is 44.9 Å². The van der Waals surface area contributed by atoms with Gasteiger partial charge in [-0.3, -0.25) is 4.79 Å². The standard InChI is InChI=1S/C13H23NO2/c15-13(9-14-8-11-6-7-11)16-10-12-4-2-1-3-5-12/h11-12,14H,1-10H2. The van der Waals surface area contributed by atoms with Crippen LogP contribution < -0.4 is 5.32 Å². The molecule has 0 aromatic rings. The van der Waals surface area contributed by atoms with E-state index in [1.54, 1.807) is 0 Å². The van der Waals surface area contributed by atoms with Crippen molar-refractivity contribution in [2.24, 2.45) is 11.8 Å². The highest BCUT2D eigenvalue weighted by Crippen LogP contribution is 2.27. The first-order valence-electron chi connectivity index (χ1n) is 6.71. The van der Waals surface area contributed by atoms with Gasteiger partial charge in [-0.25, -0.2) is 0 Å². The molecule has 16 heavy (non-hydrogen) atoms. The van der Waals surface area contributed by atoms with E-state index >= 15 is 0 Å². The molecule has 2 rings (SSSR count). The van der Waals surface area contributed by atoms with Gasteiger partial charge in [-0.1, -0.05) is 19.3 Å². The van der Waals surface area contributed by atoms with E-state index in [0.717, 1.165) is 12.5 Å². The first-order chi connectivity index (χ1) is 7.84. The predicted octanol–water partition coefficient (Wildman–Crippen LogP) is 2.11. The quantitative estimate of drug-likeness (QED) is 0.704. The fourth-order valence-electron chi connectivity index (χ4n) is 2.32. The van der Waals surface area contributed by atoms with Crippen LogP contribution in [0, 0.1) is 11.8 Å². The number of rotatable bonds is 6. The van der Waals surface area contributed by atoms with Gasteiger partial charge in [0, 0.05) is 0 Å². The van der Waals surface area contributed by atoms with Crippen LogP contribution in [-0.4, -0.2) is 25.7 Å². The fraction of sp³-hybridized carbons (Fsp3) is 0.923. The fourth-order valence-corrected chi connectivity index (χ4v) is 2.32. The van der Waals surface area contributed by atoms with Crippen molar-refractivity contribution in [2.45, 2.75) is 44.9 Å². The molecule has 3 nitrogen and oxygen atoms in total. The van der Waals surface area contributed by atoms with Gasteiger partial charge in [-0.2, -0.15) is 0 Å². The molecule has 2 saturated carbocycles. The second-order valence-electron chi connectivity index (χ2n) is 5.26. The van der Waals surface area contributed by atoms with E-state index in [2.05, 4.69) is 5.32 Å². The molecule has 0 saturated heterocycles. The van der Waals surface area contributed by atoms with Crippen LogP contribution >= 0.6 is 0 Å². The Morgan fingerprint density at radius 3 is 2.50 bits per heavy atom. The zero-order valence-corrected chi connectivity index (χ0v) is 10.0. The lowest BCUT2D eigenvalue weighted by molar-refractivity contribution is -0.144. The van der Waals surface area contributed by atoms with Crippen molar-refractivity contribution >= 4 is 5.97 Å². The van der Waals surface area contributed by atoms with Crippen molar-refractivity contribution in [3.8, 4) is 0 Å². The maximum atomic E-state index is 11.4. The second-order valence-corrected chi connectivity index (χ2v) is 5.26. The summed E-state index contributed by atoms with van der Waals surface area (Å²) in [5.41, 5.74) is 0. The highest BCUT2D eigenvalue weighted by Gasteiger charge is 2.21. The summed E-state index contributed by atoms with van der Waals surface area (Å²) < 4.78 is 5.28. The smallest absolute Gasteiger partial charge is 0.319 e. The lowest BCUT2D eigenvalue weighted by Gasteiger charge is -2.21. The zero-order chi connectivity index (χ0) is 11.2. The Bertz CT molecular complexity index is 220. The topological polar surface area (TPSA) is 38.3 Å². The molecule has 2 aliphatic rings. The Morgan fingerprint density at radius 1 is 1.06 bits per heavy atom. The molecule has 0 aromatic carbocycles. The van der Waals surface area contributed by atoms with Crippen LogP contribution in [-0.2, 0) is 9.53 Å². The molecule has 2 fully saturated rings. The SMILES string of the molecule is O=C(CNCC1CC1)OCC1CCCCC1. The normalized spacial score (nSPS) is 22.0. The van der Waals surface area contributed by atoms with Gasteiger partial charge in [0.05, 0.1) is 13.2 Å². The summed E-state index contributed by atoms with van der Waals surface area (Å²) in [5, 5.41) is 3.16. The number of esters is 1. The van der Waals surface area contributed by atoms with E-state index in [1.165, 1.54) is 44.9 Å². The molecule has 0 aromatic heterocycles. The molecular formula is C13H23NO2. The van der Waals surface area contributed by atoms with Crippen LogP contribution in [0.15, 0.2) is 0 Å². The minimum Gasteiger partial charge on any atom is -0.464 e. The molecule has 0 atom stereocenters. The second kappa shape index (κ2) is 6.24. The maximum Gasteiger partial charge on any atom is 0.319 e. The molecule has 92 valence electrons. The average Bonchev–Trinajstić information content (AvgIpc) is 3.12. The molecule has 2 aliphatic carbocycles. The van der Waals surface area contributed by atoms with Crippen LogP contribution in [0.2, 0.25) is 0 Å². The van der Waals surface area contributed by atoms with Gasteiger partial charge < -0.3 is 10.1 Å². The van der Waals surface area contributed by atoms with Gasteiger partial charge in [-0.15, -0.1) is 0 Å². The van der Waals surface area contributed by atoms with E-state index in [0.29, 0.717) is 19.1 Å². The van der Waals surface area contributed by atoms with E-state index in [9.17, 15) is 4.79 Å². The number of carbonyl (C=O) groups is 1. The van der Waals surface area contributed by atoms with Crippen LogP contribution in [0.25, 0.3) is 0 Å². The van der Waals surface area contributed by atoms with Gasteiger partial charge in [0.25, 0.3) is 0 Å². The van der Waals surface area contributed by atoms with E-state index in [4.69, 9.17) is 4.74 Å². The Morgan fingerprint density at radius 2 is 1.81 bits per heavy atom. The molecule has 0 aliphatic heterocycles. The number of nitrogens with one attached hydrogen (secondary N) is 1. The molecule has 0 radical (unpaired) electrons. The summed E-state index contributed by atoms with van der Waals surface area (Å²) in [5.74, 6) is 1.37. The summed E-state index contributed by atoms with van der Waals surface area (Å²) in [6.45, 7) is 2.02. The van der Waals surface area contributed by atoms with Crippen LogP contribution in [0.3, 0.4) is 0 Å². The largest absolute Gasteiger partial charge is 0.464 e. The van der Waals surface area contributed by atoms with E-state index in [-0.39, 0.29) is 5.97 Å². The van der Waals surface area contributed by atoms with E-state index < -0.39 is 0 Å². The third kappa shape index (κ3) is 4.52. The van der Waals surface area contributed by atoms with E-state index in [1.807, 2.05) is 0 Å².